The topological polar surface area (TPSA) is 106 Å². The van der Waals surface area contributed by atoms with Crippen molar-refractivity contribution in [1.29, 1.82) is 0 Å². The Bertz CT molecular complexity index is 1070. The minimum atomic E-state index is 0.473. The molecule has 5 N–H and O–H groups in total. The second-order valence-electron chi connectivity index (χ2n) is 6.13. The van der Waals surface area contributed by atoms with Crippen LogP contribution in [0.1, 0.15) is 5.56 Å². The Morgan fingerprint density at radius 3 is 2.67 bits per heavy atom. The molecule has 0 spiro atoms. The summed E-state index contributed by atoms with van der Waals surface area (Å²) in [5.74, 6) is 7.44. The molecule has 4 aromatic rings. The van der Waals surface area contributed by atoms with Gasteiger partial charge in [-0.15, -0.1) is 0 Å². The van der Waals surface area contributed by atoms with Crippen molar-refractivity contribution >= 4 is 33.9 Å². The van der Waals surface area contributed by atoms with Crippen LogP contribution in [-0.2, 0) is 6.54 Å². The molecule has 0 bridgehead atoms. The molecule has 0 saturated heterocycles. The lowest BCUT2D eigenvalue weighted by Crippen LogP contribution is -2.31. The van der Waals surface area contributed by atoms with Crippen LogP contribution in [0.25, 0.3) is 10.9 Å². The van der Waals surface area contributed by atoms with Crippen molar-refractivity contribution in [2.75, 3.05) is 16.1 Å². The molecule has 27 heavy (non-hydrogen) atoms. The maximum absolute atomic E-state index is 6.27. The van der Waals surface area contributed by atoms with Gasteiger partial charge in [-0.25, -0.2) is 10.8 Å². The summed E-state index contributed by atoms with van der Waals surface area (Å²) < 4.78 is 0. The number of nitrogens with two attached hydrogens (primary N) is 2. The molecule has 1 aromatic carbocycles. The summed E-state index contributed by atoms with van der Waals surface area (Å²) in [5, 5.41) is 5.83. The van der Waals surface area contributed by atoms with Gasteiger partial charge in [0.15, 0.2) is 5.82 Å². The van der Waals surface area contributed by atoms with E-state index in [1.807, 2.05) is 42.5 Å². The van der Waals surface area contributed by atoms with Gasteiger partial charge in [-0.1, -0.05) is 12.1 Å². The maximum atomic E-state index is 6.27. The summed E-state index contributed by atoms with van der Waals surface area (Å²) in [5.41, 5.74) is 9.50. The van der Waals surface area contributed by atoms with E-state index in [4.69, 9.17) is 11.6 Å². The average Bonchev–Trinajstić information content (AvgIpc) is 2.70. The third-order valence-corrected chi connectivity index (χ3v) is 4.15. The Balaban J connectivity index is 1.56. The van der Waals surface area contributed by atoms with E-state index in [2.05, 4.69) is 26.3 Å². The number of nitrogens with one attached hydrogen (secondary N) is 1. The number of aromatic nitrogens is 3. The molecule has 0 aliphatic carbocycles. The van der Waals surface area contributed by atoms with Crippen molar-refractivity contribution in [1.82, 2.24) is 15.0 Å². The molecule has 0 fully saturated rings. The van der Waals surface area contributed by atoms with Crippen LogP contribution >= 0.6 is 0 Å². The molecule has 0 radical (unpaired) electrons. The molecular formula is C20H19N7. The Morgan fingerprint density at radius 2 is 1.81 bits per heavy atom. The molecule has 7 nitrogen and oxygen atoms in total. The van der Waals surface area contributed by atoms with Gasteiger partial charge in [0, 0.05) is 29.7 Å². The fraction of sp³-hybridized carbons (Fsp3) is 0.0500. The van der Waals surface area contributed by atoms with Gasteiger partial charge in [-0.3, -0.25) is 15.0 Å². The van der Waals surface area contributed by atoms with E-state index in [9.17, 15) is 0 Å². The van der Waals surface area contributed by atoms with Crippen molar-refractivity contribution in [3.63, 3.8) is 0 Å². The second kappa shape index (κ2) is 7.27. The highest BCUT2D eigenvalue weighted by molar-refractivity contribution is 5.79. The highest BCUT2D eigenvalue weighted by Gasteiger charge is 2.11. The van der Waals surface area contributed by atoms with Gasteiger partial charge < -0.3 is 11.1 Å². The largest absolute Gasteiger partial charge is 0.396 e. The molecule has 134 valence electrons. The molecule has 0 atom stereocenters. The van der Waals surface area contributed by atoms with E-state index in [1.165, 1.54) is 0 Å². The third kappa shape index (κ3) is 3.78. The average molecular weight is 357 g/mol. The minimum absolute atomic E-state index is 0.473. The molecule has 0 aliphatic heterocycles. The first kappa shape index (κ1) is 16.7. The first-order valence-corrected chi connectivity index (χ1v) is 8.48. The zero-order valence-electron chi connectivity index (χ0n) is 14.6. The number of pyridine rings is 3. The lowest BCUT2D eigenvalue weighted by atomic mass is 10.1. The summed E-state index contributed by atoms with van der Waals surface area (Å²) in [6.45, 7) is 0.473. The summed E-state index contributed by atoms with van der Waals surface area (Å²) in [4.78, 5) is 12.9. The molecule has 0 amide bonds. The minimum Gasteiger partial charge on any atom is -0.396 e. The van der Waals surface area contributed by atoms with Gasteiger partial charge in [0.1, 0.15) is 5.82 Å². The fourth-order valence-corrected chi connectivity index (χ4v) is 2.84. The van der Waals surface area contributed by atoms with Crippen LogP contribution in [0, 0.1) is 0 Å². The quantitative estimate of drug-likeness (QED) is 0.372. The number of hydrazine groups is 1. The Morgan fingerprint density at radius 1 is 0.963 bits per heavy atom. The number of nitrogens with zero attached hydrogens (tertiary/aromatic N) is 4. The number of hydrogen-bond acceptors (Lipinski definition) is 7. The summed E-state index contributed by atoms with van der Waals surface area (Å²) in [6.07, 6.45) is 5.21. The Hall–Kier alpha value is -3.71. The number of benzene rings is 1. The smallest absolute Gasteiger partial charge is 0.168 e. The highest BCUT2D eigenvalue weighted by atomic mass is 15.4. The molecular weight excluding hydrogens is 338 g/mol. The van der Waals surface area contributed by atoms with Gasteiger partial charge in [-0.05, 0) is 48.0 Å². The molecule has 4 rings (SSSR count). The number of fused-ring (bicyclic) bond motifs is 1. The van der Waals surface area contributed by atoms with E-state index in [0.29, 0.717) is 23.9 Å². The van der Waals surface area contributed by atoms with E-state index >= 15 is 0 Å². The predicted octanol–water partition coefficient (Wildman–Crippen LogP) is 3.23. The normalized spacial score (nSPS) is 10.7. The second-order valence-corrected chi connectivity index (χ2v) is 6.13. The molecule has 0 aliphatic rings. The fourth-order valence-electron chi connectivity index (χ4n) is 2.84. The van der Waals surface area contributed by atoms with Crippen molar-refractivity contribution in [2.45, 2.75) is 6.54 Å². The van der Waals surface area contributed by atoms with Gasteiger partial charge in [0.2, 0.25) is 0 Å². The molecule has 0 unspecified atom stereocenters. The van der Waals surface area contributed by atoms with Crippen LogP contribution in [0.4, 0.5) is 23.0 Å². The maximum Gasteiger partial charge on any atom is 0.168 e. The van der Waals surface area contributed by atoms with Crippen molar-refractivity contribution in [3.8, 4) is 0 Å². The van der Waals surface area contributed by atoms with Crippen molar-refractivity contribution < 1.29 is 0 Å². The summed E-state index contributed by atoms with van der Waals surface area (Å²) in [7, 11) is 0. The standard InChI is InChI=1S/C20H19N7/c21-17-4-6-19(25-16-7-10-23-11-8-16)26-20(17)27(22)13-14-3-5-18-15(12-14)2-1-9-24-18/h1-12H,13,21-22H2,(H,23,25,26). The van der Waals surface area contributed by atoms with E-state index in [0.717, 1.165) is 22.2 Å². The number of hydrogen-bond donors (Lipinski definition) is 3. The zero-order chi connectivity index (χ0) is 18.6. The Labute approximate surface area is 156 Å². The first-order chi connectivity index (χ1) is 13.2. The third-order valence-electron chi connectivity index (χ3n) is 4.15. The molecule has 3 aromatic heterocycles. The zero-order valence-corrected chi connectivity index (χ0v) is 14.6. The van der Waals surface area contributed by atoms with Crippen LogP contribution in [-0.4, -0.2) is 15.0 Å². The molecule has 3 heterocycles. The van der Waals surface area contributed by atoms with E-state index in [-0.39, 0.29) is 0 Å². The monoisotopic (exact) mass is 357 g/mol. The van der Waals surface area contributed by atoms with Crippen LogP contribution in [0.5, 0.6) is 0 Å². The SMILES string of the molecule is Nc1ccc(Nc2ccncc2)nc1N(N)Cc1ccc2ncccc2c1. The van der Waals surface area contributed by atoms with Crippen LogP contribution in [0.3, 0.4) is 0 Å². The van der Waals surface area contributed by atoms with Crippen molar-refractivity contribution in [2.24, 2.45) is 5.84 Å². The van der Waals surface area contributed by atoms with Gasteiger partial charge in [-0.2, -0.15) is 0 Å². The lowest BCUT2D eigenvalue weighted by Gasteiger charge is -2.20. The lowest BCUT2D eigenvalue weighted by molar-refractivity contribution is 0.836. The van der Waals surface area contributed by atoms with Gasteiger partial charge >= 0.3 is 0 Å². The highest BCUT2D eigenvalue weighted by Crippen LogP contribution is 2.24. The Kier molecular flexibility index (Phi) is 4.51. The first-order valence-electron chi connectivity index (χ1n) is 8.48. The summed E-state index contributed by atoms with van der Waals surface area (Å²) in [6, 6.07) is 17.3. The number of anilines is 4. The van der Waals surface area contributed by atoms with Crippen LogP contribution in [0.15, 0.2) is 73.2 Å². The van der Waals surface area contributed by atoms with Gasteiger partial charge in [0.25, 0.3) is 0 Å². The number of rotatable bonds is 5. The van der Waals surface area contributed by atoms with Crippen LogP contribution < -0.4 is 21.9 Å². The van der Waals surface area contributed by atoms with E-state index in [1.54, 1.807) is 29.7 Å². The van der Waals surface area contributed by atoms with Crippen molar-refractivity contribution in [3.05, 3.63) is 78.8 Å². The summed E-state index contributed by atoms with van der Waals surface area (Å²) >= 11 is 0. The van der Waals surface area contributed by atoms with Crippen LogP contribution in [0.2, 0.25) is 0 Å². The van der Waals surface area contributed by atoms with Gasteiger partial charge in [0.05, 0.1) is 17.7 Å². The number of nitrogen functional groups attached to an aromatic ring is 1. The van der Waals surface area contributed by atoms with E-state index < -0.39 is 0 Å². The molecule has 7 heteroatoms. The molecule has 0 saturated carbocycles. The predicted molar refractivity (Wildman–Crippen MR) is 108 cm³/mol.